The van der Waals surface area contributed by atoms with Crippen LogP contribution >= 0.6 is 11.8 Å². The van der Waals surface area contributed by atoms with Crippen LogP contribution in [-0.2, 0) is 4.79 Å². The van der Waals surface area contributed by atoms with Crippen molar-refractivity contribution in [2.75, 3.05) is 0 Å². The van der Waals surface area contributed by atoms with Crippen LogP contribution in [0.1, 0.15) is 25.5 Å². The average Bonchev–Trinajstić information content (AvgIpc) is 2.59. The lowest BCUT2D eigenvalue weighted by Gasteiger charge is -2.14. The number of rotatable bonds is 2. The van der Waals surface area contributed by atoms with Gasteiger partial charge in [-0.05, 0) is 19.4 Å². The Morgan fingerprint density at radius 3 is 2.62 bits per heavy atom. The number of thioether (sulfide) groups is 1. The zero-order chi connectivity index (χ0) is 11.5. The fourth-order valence-electron chi connectivity index (χ4n) is 1.51. The zero-order valence-electron chi connectivity index (χ0n) is 9.31. The fourth-order valence-corrected chi connectivity index (χ4v) is 2.39. The molecule has 1 aliphatic rings. The lowest BCUT2D eigenvalue weighted by atomic mass is 10.1. The fraction of sp³-hybridized carbons (Fsp3) is 0.333. The van der Waals surface area contributed by atoms with E-state index < -0.39 is 0 Å². The van der Waals surface area contributed by atoms with Crippen molar-refractivity contribution < 1.29 is 4.79 Å². The van der Waals surface area contributed by atoms with Gasteiger partial charge in [-0.1, -0.05) is 42.1 Å². The maximum Gasteiger partial charge on any atom is 0.261 e. The van der Waals surface area contributed by atoms with Crippen molar-refractivity contribution in [3.8, 4) is 0 Å². The van der Waals surface area contributed by atoms with Gasteiger partial charge >= 0.3 is 0 Å². The van der Waals surface area contributed by atoms with E-state index in [0.717, 1.165) is 5.17 Å². The number of hydrogen-bond donors (Lipinski definition) is 1. The second-order valence-corrected chi connectivity index (χ2v) is 5.12. The number of benzene rings is 1. The maximum atomic E-state index is 11.3. The summed E-state index contributed by atoms with van der Waals surface area (Å²) >= 11 is 1.49. The van der Waals surface area contributed by atoms with Crippen LogP contribution in [0.2, 0.25) is 0 Å². The number of nitrogens with one attached hydrogen (secondary N) is 1. The topological polar surface area (TPSA) is 41.5 Å². The molecular weight excluding hydrogens is 220 g/mol. The molecule has 0 aromatic heterocycles. The van der Waals surface area contributed by atoms with Crippen molar-refractivity contribution in [3.63, 3.8) is 0 Å². The molecule has 0 aliphatic carbocycles. The normalized spacial score (nSPS) is 21.8. The van der Waals surface area contributed by atoms with Gasteiger partial charge in [-0.3, -0.25) is 4.79 Å². The van der Waals surface area contributed by atoms with E-state index in [-0.39, 0.29) is 17.2 Å². The molecule has 0 saturated heterocycles. The lowest BCUT2D eigenvalue weighted by molar-refractivity contribution is -0.116. The van der Waals surface area contributed by atoms with E-state index in [1.54, 1.807) is 0 Å². The molecule has 2 rings (SSSR count). The summed E-state index contributed by atoms with van der Waals surface area (Å²) in [6, 6.07) is 10.3. The number of amidine groups is 1. The van der Waals surface area contributed by atoms with E-state index in [0.29, 0.717) is 0 Å². The van der Waals surface area contributed by atoms with Gasteiger partial charge in [0, 0.05) is 0 Å². The van der Waals surface area contributed by atoms with Crippen LogP contribution in [0, 0.1) is 0 Å². The molecule has 1 unspecified atom stereocenters. The van der Waals surface area contributed by atoms with Gasteiger partial charge < -0.3 is 5.32 Å². The molecule has 1 aromatic rings. The molecule has 0 fully saturated rings. The molecule has 4 heteroatoms. The van der Waals surface area contributed by atoms with Crippen molar-refractivity contribution >= 4 is 22.8 Å². The minimum atomic E-state index is -0.0505. The first-order valence-corrected chi connectivity index (χ1v) is 6.15. The monoisotopic (exact) mass is 234 g/mol. The Kier molecular flexibility index (Phi) is 3.29. The highest BCUT2D eigenvalue weighted by Gasteiger charge is 2.24. The van der Waals surface area contributed by atoms with Gasteiger partial charge in [0.25, 0.3) is 5.91 Å². The Bertz CT molecular complexity index is 416. The molecule has 16 heavy (non-hydrogen) atoms. The van der Waals surface area contributed by atoms with E-state index in [4.69, 9.17) is 0 Å². The van der Waals surface area contributed by atoms with Crippen LogP contribution in [0.25, 0.3) is 0 Å². The molecule has 84 valence electrons. The second-order valence-electron chi connectivity index (χ2n) is 3.79. The second kappa shape index (κ2) is 4.70. The first-order chi connectivity index (χ1) is 7.66. The quantitative estimate of drug-likeness (QED) is 0.854. The molecule has 1 aromatic carbocycles. The highest BCUT2D eigenvalue weighted by Crippen LogP contribution is 2.22. The Morgan fingerprint density at radius 2 is 2.06 bits per heavy atom. The smallest absolute Gasteiger partial charge is 0.261 e. The molecule has 3 nitrogen and oxygen atoms in total. The molecule has 0 radical (unpaired) electrons. The summed E-state index contributed by atoms with van der Waals surface area (Å²) in [4.78, 5) is 15.2. The van der Waals surface area contributed by atoms with Gasteiger partial charge in [0.2, 0.25) is 0 Å². The predicted molar refractivity (Wildman–Crippen MR) is 67.5 cm³/mol. The van der Waals surface area contributed by atoms with E-state index in [9.17, 15) is 4.79 Å². The number of aliphatic imine (C=N–C) groups is 1. The van der Waals surface area contributed by atoms with Gasteiger partial charge in [-0.25, -0.2) is 0 Å². The molecule has 0 bridgehead atoms. The van der Waals surface area contributed by atoms with Crippen LogP contribution in [-0.4, -0.2) is 16.3 Å². The van der Waals surface area contributed by atoms with Crippen LogP contribution < -0.4 is 5.32 Å². The van der Waals surface area contributed by atoms with Crippen molar-refractivity contribution in [2.24, 2.45) is 4.99 Å². The van der Waals surface area contributed by atoms with E-state index >= 15 is 0 Å². The number of nitrogens with zero attached hydrogens (tertiary/aromatic N) is 1. The highest BCUT2D eigenvalue weighted by atomic mass is 32.2. The molecule has 1 heterocycles. The number of amides is 1. The van der Waals surface area contributed by atoms with Crippen molar-refractivity contribution in [2.45, 2.75) is 25.1 Å². The number of carbonyl (C=O) groups excluding carboxylic acids is 1. The standard InChI is InChI=1S/C12H14N2OS/c1-8(10-6-4-3-5-7-10)13-12-14-11(15)9(2)16-12/h3-9H,1-2H3,(H,13,14,15)/t8-,9?/m0/s1. The Balaban J connectivity index is 2.01. The number of carbonyl (C=O) groups is 1. The third-order valence-corrected chi connectivity index (χ3v) is 3.48. The van der Waals surface area contributed by atoms with Crippen LogP contribution in [0.5, 0.6) is 0 Å². The van der Waals surface area contributed by atoms with Crippen LogP contribution in [0.4, 0.5) is 0 Å². The molecule has 1 amide bonds. The molecule has 2 atom stereocenters. The van der Waals surface area contributed by atoms with Crippen molar-refractivity contribution in [3.05, 3.63) is 35.9 Å². The lowest BCUT2D eigenvalue weighted by Crippen LogP contribution is -2.23. The SMILES string of the molecule is CC1SC(N[C@@H](C)c2ccccc2)=NC1=O. The molecule has 0 saturated carbocycles. The zero-order valence-corrected chi connectivity index (χ0v) is 10.1. The minimum absolute atomic E-state index is 0.0484. The first-order valence-electron chi connectivity index (χ1n) is 5.27. The van der Waals surface area contributed by atoms with Crippen molar-refractivity contribution in [1.82, 2.24) is 5.32 Å². The van der Waals surface area contributed by atoms with E-state index in [1.165, 1.54) is 17.3 Å². The summed E-state index contributed by atoms with van der Waals surface area (Å²) in [5.74, 6) is -0.0484. The number of hydrogen-bond acceptors (Lipinski definition) is 3. The summed E-state index contributed by atoms with van der Waals surface area (Å²) in [7, 11) is 0. The van der Waals surface area contributed by atoms with Crippen LogP contribution in [0.15, 0.2) is 35.3 Å². The van der Waals surface area contributed by atoms with Gasteiger partial charge in [-0.15, -0.1) is 0 Å². The average molecular weight is 234 g/mol. The predicted octanol–water partition coefficient (Wildman–Crippen LogP) is 2.36. The largest absolute Gasteiger partial charge is 0.358 e. The first kappa shape index (κ1) is 11.2. The highest BCUT2D eigenvalue weighted by molar-refractivity contribution is 8.15. The van der Waals surface area contributed by atoms with Crippen molar-refractivity contribution in [1.29, 1.82) is 0 Å². The summed E-state index contributed by atoms with van der Waals surface area (Å²) in [5.41, 5.74) is 1.19. The van der Waals surface area contributed by atoms with Gasteiger partial charge in [0.15, 0.2) is 5.17 Å². The molecule has 1 aliphatic heterocycles. The van der Waals surface area contributed by atoms with E-state index in [1.807, 2.05) is 25.1 Å². The summed E-state index contributed by atoms with van der Waals surface area (Å²) in [5, 5.41) is 3.93. The van der Waals surface area contributed by atoms with E-state index in [2.05, 4.69) is 29.4 Å². The van der Waals surface area contributed by atoms with Crippen LogP contribution in [0.3, 0.4) is 0 Å². The third kappa shape index (κ3) is 2.44. The molecule has 0 spiro atoms. The molecule has 1 N–H and O–H groups in total. The maximum absolute atomic E-state index is 11.3. The minimum Gasteiger partial charge on any atom is -0.358 e. The summed E-state index contributed by atoms with van der Waals surface area (Å²) in [6.45, 7) is 3.93. The van der Waals surface area contributed by atoms with Gasteiger partial charge in [0.05, 0.1) is 11.3 Å². The summed E-state index contributed by atoms with van der Waals surface area (Å²) < 4.78 is 0. The van der Waals surface area contributed by atoms with Gasteiger partial charge in [-0.2, -0.15) is 4.99 Å². The molecular formula is C12H14N2OS. The Labute approximate surface area is 99.3 Å². The third-order valence-electron chi connectivity index (χ3n) is 2.49. The summed E-state index contributed by atoms with van der Waals surface area (Å²) in [6.07, 6.45) is 0. The van der Waals surface area contributed by atoms with Gasteiger partial charge in [0.1, 0.15) is 0 Å². The Hall–Kier alpha value is -1.29. The Morgan fingerprint density at radius 1 is 1.38 bits per heavy atom.